The highest BCUT2D eigenvalue weighted by Gasteiger charge is 1.77. The van der Waals surface area contributed by atoms with Crippen LogP contribution in [-0.4, -0.2) is 19.7 Å². The van der Waals surface area contributed by atoms with Crippen molar-refractivity contribution in [3.8, 4) is 0 Å². The molecule has 0 amide bonds. The monoisotopic (exact) mass is 356 g/mol. The Labute approximate surface area is 146 Å². The smallest absolute Gasteiger partial charge is 0.180 e. The summed E-state index contributed by atoms with van der Waals surface area (Å²) in [5, 5.41) is 6.94. The van der Waals surface area contributed by atoms with Crippen molar-refractivity contribution in [2.45, 2.75) is 40.5 Å². The van der Waals surface area contributed by atoms with Gasteiger partial charge in [-0.3, -0.25) is 9.67 Å². The van der Waals surface area contributed by atoms with Gasteiger partial charge in [-0.1, -0.05) is 26.7 Å². The second-order valence-electron chi connectivity index (χ2n) is 4.34. The lowest BCUT2D eigenvalue weighted by molar-refractivity contribution is 0.527. The molecule has 23 heavy (non-hydrogen) atoms. The van der Waals surface area contributed by atoms with Crippen LogP contribution in [0.5, 0.6) is 0 Å². The third-order valence-corrected chi connectivity index (χ3v) is 2.95. The number of unbranched alkanes of at least 4 members (excludes halogenated alkanes) is 1. The number of hydrogen-bond acceptors (Lipinski definition) is 5. The summed E-state index contributed by atoms with van der Waals surface area (Å²) < 4.78 is 6.47. The van der Waals surface area contributed by atoms with E-state index in [1.165, 1.54) is 19.2 Å². The summed E-state index contributed by atoms with van der Waals surface area (Å²) in [5.74, 6) is 0.856. The standard InChI is InChI=1S/C4H6N2.C4H5NO.C4H5NS.C4H10.H3P/c1-6-4-2-3-5-6;1-4-2-5-3-6-4;1-4-5-2-3-6-4;1-3-4-2;/h2-4H,1H3;2*2-3H,1H3;3-4H2,1-2H3;1H3. The molecule has 0 aliphatic carbocycles. The van der Waals surface area contributed by atoms with E-state index in [9.17, 15) is 0 Å². The van der Waals surface area contributed by atoms with Gasteiger partial charge in [-0.2, -0.15) is 15.0 Å². The maximum Gasteiger partial charge on any atom is 0.180 e. The van der Waals surface area contributed by atoms with Crippen LogP contribution >= 0.6 is 21.2 Å². The van der Waals surface area contributed by atoms with Crippen LogP contribution in [0.2, 0.25) is 0 Å². The van der Waals surface area contributed by atoms with Gasteiger partial charge in [-0.15, -0.1) is 11.3 Å². The molecular formula is C16H29N4OPS. The van der Waals surface area contributed by atoms with E-state index in [0.29, 0.717) is 0 Å². The van der Waals surface area contributed by atoms with E-state index in [2.05, 4.69) is 28.9 Å². The van der Waals surface area contributed by atoms with Crippen molar-refractivity contribution in [3.63, 3.8) is 0 Å². The van der Waals surface area contributed by atoms with Crippen molar-refractivity contribution >= 4 is 21.2 Å². The molecule has 1 atom stereocenters. The van der Waals surface area contributed by atoms with Gasteiger partial charge in [0, 0.05) is 31.0 Å². The molecule has 0 aliphatic heterocycles. The van der Waals surface area contributed by atoms with Crippen molar-refractivity contribution in [3.05, 3.63) is 53.4 Å². The number of nitrogens with zero attached hydrogens (tertiary/aromatic N) is 4. The zero-order chi connectivity index (χ0) is 16.6. The Bertz CT molecular complexity index is 446. The van der Waals surface area contributed by atoms with Crippen molar-refractivity contribution in [1.82, 2.24) is 19.7 Å². The number of hydrogen-bond donors (Lipinski definition) is 0. The van der Waals surface area contributed by atoms with Crippen LogP contribution in [0.3, 0.4) is 0 Å². The highest BCUT2D eigenvalue weighted by atomic mass is 32.1. The van der Waals surface area contributed by atoms with Gasteiger partial charge >= 0.3 is 0 Å². The minimum atomic E-state index is 0. The lowest BCUT2D eigenvalue weighted by Gasteiger charge is -1.77. The van der Waals surface area contributed by atoms with Crippen LogP contribution in [0.1, 0.15) is 37.5 Å². The molecule has 0 bridgehead atoms. The Morgan fingerprint density at radius 3 is 2.00 bits per heavy atom. The van der Waals surface area contributed by atoms with Crippen molar-refractivity contribution in [1.29, 1.82) is 0 Å². The molecular weight excluding hydrogens is 327 g/mol. The fraction of sp³-hybridized carbons (Fsp3) is 0.438. The Morgan fingerprint density at radius 1 is 1.17 bits per heavy atom. The number of rotatable bonds is 1. The molecule has 3 rings (SSSR count). The van der Waals surface area contributed by atoms with E-state index in [1.807, 2.05) is 38.5 Å². The molecule has 3 aromatic heterocycles. The van der Waals surface area contributed by atoms with Crippen molar-refractivity contribution in [2.24, 2.45) is 7.05 Å². The SMILES string of the molecule is CCCC.Cc1cnco1.Cc1nccs1.Cn1cccn1.P. The summed E-state index contributed by atoms with van der Waals surface area (Å²) in [5.41, 5.74) is 0. The van der Waals surface area contributed by atoms with Crippen LogP contribution in [-0.2, 0) is 7.05 Å². The maximum atomic E-state index is 4.72. The fourth-order valence-corrected chi connectivity index (χ4v) is 1.36. The zero-order valence-corrected chi connectivity index (χ0v) is 17.0. The molecule has 0 spiro atoms. The molecule has 0 saturated heterocycles. The minimum absolute atomic E-state index is 0. The number of oxazole rings is 1. The normalized spacial score (nSPS) is 8.22. The first-order valence-corrected chi connectivity index (χ1v) is 8.12. The molecule has 0 fully saturated rings. The molecule has 130 valence electrons. The van der Waals surface area contributed by atoms with E-state index < -0.39 is 0 Å². The molecule has 0 N–H and O–H groups in total. The molecule has 0 saturated carbocycles. The van der Waals surface area contributed by atoms with Crippen LogP contribution in [0.25, 0.3) is 0 Å². The summed E-state index contributed by atoms with van der Waals surface area (Å²) in [7, 11) is 1.89. The fourth-order valence-electron chi connectivity index (χ4n) is 0.919. The number of aryl methyl sites for hydroxylation is 3. The summed E-state index contributed by atoms with van der Waals surface area (Å²) >= 11 is 1.67. The summed E-state index contributed by atoms with van der Waals surface area (Å²) in [6.45, 7) is 8.21. The quantitative estimate of drug-likeness (QED) is 0.592. The van der Waals surface area contributed by atoms with Crippen LogP contribution in [0.15, 0.2) is 47.0 Å². The highest BCUT2D eigenvalue weighted by molar-refractivity contribution is 7.09. The van der Waals surface area contributed by atoms with Crippen LogP contribution in [0, 0.1) is 13.8 Å². The molecule has 1 unspecified atom stereocenters. The van der Waals surface area contributed by atoms with Gasteiger partial charge in [0.25, 0.3) is 0 Å². The van der Waals surface area contributed by atoms with E-state index >= 15 is 0 Å². The van der Waals surface area contributed by atoms with E-state index in [1.54, 1.807) is 34.6 Å². The van der Waals surface area contributed by atoms with Gasteiger partial charge in [0.15, 0.2) is 6.39 Å². The van der Waals surface area contributed by atoms with Gasteiger partial charge in [0.2, 0.25) is 0 Å². The lowest BCUT2D eigenvalue weighted by Crippen LogP contribution is -1.83. The van der Waals surface area contributed by atoms with Crippen molar-refractivity contribution in [2.75, 3.05) is 0 Å². The second kappa shape index (κ2) is 16.8. The molecule has 5 nitrogen and oxygen atoms in total. The van der Waals surface area contributed by atoms with Crippen LogP contribution in [0.4, 0.5) is 0 Å². The molecule has 7 heteroatoms. The lowest BCUT2D eigenvalue weighted by atomic mass is 10.4. The first kappa shape index (κ1) is 23.7. The third-order valence-electron chi connectivity index (χ3n) is 2.25. The molecule has 0 radical (unpaired) electrons. The van der Waals surface area contributed by atoms with E-state index in [0.717, 1.165) is 10.8 Å². The van der Waals surface area contributed by atoms with Gasteiger partial charge in [0.05, 0.1) is 11.2 Å². The topological polar surface area (TPSA) is 56.7 Å². The van der Waals surface area contributed by atoms with Gasteiger partial charge in [-0.25, -0.2) is 4.98 Å². The average molecular weight is 356 g/mol. The first-order valence-electron chi connectivity index (χ1n) is 7.24. The Balaban J connectivity index is 0. The van der Waals surface area contributed by atoms with E-state index in [4.69, 9.17) is 4.42 Å². The zero-order valence-electron chi connectivity index (χ0n) is 14.8. The van der Waals surface area contributed by atoms with Gasteiger partial charge in [0.1, 0.15) is 5.76 Å². The second-order valence-corrected chi connectivity index (χ2v) is 5.44. The molecule has 3 heterocycles. The Morgan fingerprint density at radius 2 is 1.87 bits per heavy atom. The number of aromatic nitrogens is 4. The van der Waals surface area contributed by atoms with Crippen LogP contribution < -0.4 is 0 Å². The summed E-state index contributed by atoms with van der Waals surface area (Å²) in [6, 6.07) is 1.89. The minimum Gasteiger partial charge on any atom is -0.449 e. The molecule has 3 aromatic rings. The number of thiazole rings is 1. The maximum absolute atomic E-state index is 4.72. The molecule has 0 aromatic carbocycles. The van der Waals surface area contributed by atoms with Crippen molar-refractivity contribution < 1.29 is 4.42 Å². The first-order chi connectivity index (χ1) is 10.6. The largest absolute Gasteiger partial charge is 0.449 e. The Kier molecular flexibility index (Phi) is 17.4. The summed E-state index contributed by atoms with van der Waals surface area (Å²) in [4.78, 5) is 7.59. The van der Waals surface area contributed by atoms with Gasteiger partial charge < -0.3 is 4.42 Å². The van der Waals surface area contributed by atoms with Gasteiger partial charge in [-0.05, 0) is 19.9 Å². The molecule has 0 aliphatic rings. The predicted molar refractivity (Wildman–Crippen MR) is 103 cm³/mol. The Hall–Kier alpha value is -1.52. The summed E-state index contributed by atoms with van der Waals surface area (Å²) in [6.07, 6.45) is 11.2. The third kappa shape index (κ3) is 16.7. The predicted octanol–water partition coefficient (Wildman–Crippen LogP) is 4.72. The van der Waals surface area contributed by atoms with E-state index in [-0.39, 0.29) is 9.90 Å². The average Bonchev–Trinajstić information content (AvgIpc) is 3.26. The highest BCUT2D eigenvalue weighted by Crippen LogP contribution is 1.98.